The van der Waals surface area contributed by atoms with Crippen molar-refractivity contribution < 1.29 is 9.18 Å². The Morgan fingerprint density at radius 1 is 1.34 bits per heavy atom. The number of aromatic nitrogens is 3. The van der Waals surface area contributed by atoms with Crippen LogP contribution in [0.5, 0.6) is 0 Å². The molecule has 0 bridgehead atoms. The molecule has 2 aliphatic rings. The molecule has 3 aromatic heterocycles. The number of amides is 2. The zero-order chi connectivity index (χ0) is 20.1. The van der Waals surface area contributed by atoms with Crippen molar-refractivity contribution in [2.45, 2.75) is 25.8 Å². The Balaban J connectivity index is 1.41. The lowest BCUT2D eigenvalue weighted by molar-refractivity contribution is 0.257. The fourth-order valence-electron chi connectivity index (χ4n) is 4.19. The Hall–Kier alpha value is -3.20. The highest BCUT2D eigenvalue weighted by molar-refractivity contribution is 6.03. The number of anilines is 3. The second-order valence-electron chi connectivity index (χ2n) is 7.64. The van der Waals surface area contributed by atoms with Crippen LogP contribution in [0.3, 0.4) is 0 Å². The topological polar surface area (TPSA) is 91.8 Å². The second kappa shape index (κ2) is 6.70. The van der Waals surface area contributed by atoms with Gasteiger partial charge in [0, 0.05) is 61.6 Å². The molecule has 29 heavy (non-hydrogen) atoms. The Morgan fingerprint density at radius 2 is 2.21 bits per heavy atom. The summed E-state index contributed by atoms with van der Waals surface area (Å²) >= 11 is 0. The zero-order valence-electron chi connectivity index (χ0n) is 16.1. The summed E-state index contributed by atoms with van der Waals surface area (Å²) in [5, 5.41) is 2.68. The summed E-state index contributed by atoms with van der Waals surface area (Å²) in [6.07, 6.45) is 6.69. The molecule has 150 valence electrons. The van der Waals surface area contributed by atoms with Gasteiger partial charge in [-0.25, -0.2) is 19.2 Å². The fourth-order valence-corrected chi connectivity index (χ4v) is 4.19. The summed E-state index contributed by atoms with van der Waals surface area (Å²) in [6, 6.07) is 3.06. The maximum Gasteiger partial charge on any atom is 0.327 e. The smallest absolute Gasteiger partial charge is 0.327 e. The number of fused-ring (bicyclic) bond motifs is 2. The van der Waals surface area contributed by atoms with Crippen LogP contribution in [-0.2, 0) is 6.42 Å². The predicted molar refractivity (Wildman–Crippen MR) is 109 cm³/mol. The van der Waals surface area contributed by atoms with Crippen molar-refractivity contribution in [3.8, 4) is 0 Å². The van der Waals surface area contributed by atoms with E-state index in [1.165, 1.54) is 12.3 Å². The largest absolute Gasteiger partial charge is 0.370 e. The summed E-state index contributed by atoms with van der Waals surface area (Å²) < 4.78 is 16.1. The average Bonchev–Trinajstić information content (AvgIpc) is 3.39. The number of pyridine rings is 2. The molecule has 0 aromatic carbocycles. The summed E-state index contributed by atoms with van der Waals surface area (Å²) in [5.41, 5.74) is 9.56. The van der Waals surface area contributed by atoms with Crippen LogP contribution in [0.2, 0.25) is 0 Å². The van der Waals surface area contributed by atoms with Gasteiger partial charge in [-0.3, -0.25) is 4.90 Å². The lowest BCUT2D eigenvalue weighted by atomic mass is 10.2. The molecule has 5 heterocycles. The van der Waals surface area contributed by atoms with E-state index in [0.29, 0.717) is 24.4 Å². The van der Waals surface area contributed by atoms with Crippen LogP contribution in [0.15, 0.2) is 30.7 Å². The van der Waals surface area contributed by atoms with Crippen molar-refractivity contribution in [1.82, 2.24) is 14.4 Å². The Kier molecular flexibility index (Phi) is 4.13. The minimum absolute atomic E-state index is 0.107. The molecular weight excluding hydrogens is 373 g/mol. The monoisotopic (exact) mass is 395 g/mol. The van der Waals surface area contributed by atoms with E-state index >= 15 is 0 Å². The zero-order valence-corrected chi connectivity index (χ0v) is 16.1. The SMILES string of the molecule is Cc1cn2cc(NC(=O)N3CCc4c(N5CC[C@@H](N)C5)ccnc43)c(F)cc2n1. The van der Waals surface area contributed by atoms with Crippen LogP contribution in [0.25, 0.3) is 5.65 Å². The number of nitrogens with two attached hydrogens (primary N) is 1. The third kappa shape index (κ3) is 3.07. The fraction of sp³-hybridized carbons (Fsp3) is 0.350. The van der Waals surface area contributed by atoms with Gasteiger partial charge in [0.05, 0.1) is 11.4 Å². The first-order valence-corrected chi connectivity index (χ1v) is 9.71. The first kappa shape index (κ1) is 17.9. The number of nitrogens with one attached hydrogen (secondary N) is 1. The van der Waals surface area contributed by atoms with Crippen molar-refractivity contribution in [2.75, 3.05) is 34.8 Å². The molecular formula is C20H22FN7O. The molecule has 0 aliphatic carbocycles. The van der Waals surface area contributed by atoms with Gasteiger partial charge in [0.25, 0.3) is 0 Å². The number of rotatable bonds is 2. The van der Waals surface area contributed by atoms with Crippen LogP contribution in [0.4, 0.5) is 26.4 Å². The van der Waals surface area contributed by atoms with E-state index in [1.807, 2.05) is 13.0 Å². The van der Waals surface area contributed by atoms with Gasteiger partial charge in [-0.1, -0.05) is 0 Å². The second-order valence-corrected chi connectivity index (χ2v) is 7.64. The minimum atomic E-state index is -0.524. The third-order valence-electron chi connectivity index (χ3n) is 5.56. The molecule has 2 aliphatic heterocycles. The third-order valence-corrected chi connectivity index (χ3v) is 5.56. The molecule has 1 atom stereocenters. The predicted octanol–water partition coefficient (Wildman–Crippen LogP) is 2.31. The van der Waals surface area contributed by atoms with Crippen LogP contribution < -0.4 is 20.9 Å². The summed E-state index contributed by atoms with van der Waals surface area (Å²) in [6.45, 7) is 4.04. The van der Waals surface area contributed by atoms with E-state index in [4.69, 9.17) is 5.73 Å². The maximum atomic E-state index is 14.5. The van der Waals surface area contributed by atoms with E-state index in [0.717, 1.165) is 36.5 Å². The number of hydrogen-bond acceptors (Lipinski definition) is 5. The number of imidazole rings is 1. The van der Waals surface area contributed by atoms with E-state index < -0.39 is 11.8 Å². The molecule has 5 rings (SSSR count). The normalized spacial score (nSPS) is 18.5. The molecule has 3 N–H and O–H groups in total. The number of hydrogen-bond donors (Lipinski definition) is 2. The van der Waals surface area contributed by atoms with Gasteiger partial charge in [-0.15, -0.1) is 0 Å². The van der Waals surface area contributed by atoms with Gasteiger partial charge in [-0.2, -0.15) is 0 Å². The van der Waals surface area contributed by atoms with Crippen molar-refractivity contribution in [2.24, 2.45) is 5.73 Å². The van der Waals surface area contributed by atoms with Gasteiger partial charge >= 0.3 is 6.03 Å². The maximum absolute atomic E-state index is 14.5. The first-order valence-electron chi connectivity index (χ1n) is 9.71. The number of carbonyl (C=O) groups excluding carboxylic acids is 1. The van der Waals surface area contributed by atoms with Gasteiger partial charge in [0.2, 0.25) is 0 Å². The molecule has 1 saturated heterocycles. The van der Waals surface area contributed by atoms with Gasteiger partial charge in [-0.05, 0) is 25.8 Å². The number of urea groups is 1. The molecule has 1 fully saturated rings. The number of halogens is 1. The van der Waals surface area contributed by atoms with Crippen LogP contribution >= 0.6 is 0 Å². The quantitative estimate of drug-likeness (QED) is 0.695. The summed E-state index contributed by atoms with van der Waals surface area (Å²) in [5.74, 6) is 0.101. The highest BCUT2D eigenvalue weighted by atomic mass is 19.1. The average molecular weight is 395 g/mol. The lowest BCUT2D eigenvalue weighted by Crippen LogP contribution is -2.34. The molecule has 9 heteroatoms. The van der Waals surface area contributed by atoms with Crippen molar-refractivity contribution >= 4 is 28.9 Å². The Labute approximate surface area is 167 Å². The number of aryl methyl sites for hydroxylation is 1. The van der Waals surface area contributed by atoms with Crippen molar-refractivity contribution in [3.05, 3.63) is 47.8 Å². The first-order chi connectivity index (χ1) is 14.0. The van der Waals surface area contributed by atoms with Gasteiger partial charge in [0.1, 0.15) is 11.5 Å². The van der Waals surface area contributed by atoms with Crippen LogP contribution in [0.1, 0.15) is 17.7 Å². The minimum Gasteiger partial charge on any atom is -0.370 e. The van der Waals surface area contributed by atoms with Gasteiger partial charge < -0.3 is 20.4 Å². The van der Waals surface area contributed by atoms with Gasteiger partial charge in [0.15, 0.2) is 5.82 Å². The molecule has 8 nitrogen and oxygen atoms in total. The summed E-state index contributed by atoms with van der Waals surface area (Å²) in [7, 11) is 0. The lowest BCUT2D eigenvalue weighted by Gasteiger charge is -2.22. The number of nitrogens with zero attached hydrogens (tertiary/aromatic N) is 5. The van der Waals surface area contributed by atoms with E-state index in [9.17, 15) is 9.18 Å². The molecule has 0 saturated carbocycles. The highest BCUT2D eigenvalue weighted by Gasteiger charge is 2.31. The summed E-state index contributed by atoms with van der Waals surface area (Å²) in [4.78, 5) is 25.4. The van der Waals surface area contributed by atoms with E-state index in [2.05, 4.69) is 20.2 Å². The molecule has 0 unspecified atom stereocenters. The molecule has 0 spiro atoms. The standard InChI is InChI=1S/C20H22FN7O/c1-12-9-27-11-16(15(21)8-18(27)24-12)25-20(29)28-7-4-14-17(2-5-23-19(14)28)26-6-3-13(22)10-26/h2,5,8-9,11,13H,3-4,6-7,10,22H2,1H3,(H,25,29)/t13-/m1/s1. The van der Waals surface area contributed by atoms with Crippen molar-refractivity contribution in [1.29, 1.82) is 0 Å². The van der Waals surface area contributed by atoms with E-state index in [1.54, 1.807) is 21.7 Å². The molecule has 3 aromatic rings. The molecule has 0 radical (unpaired) electrons. The van der Waals surface area contributed by atoms with Crippen molar-refractivity contribution in [3.63, 3.8) is 0 Å². The van der Waals surface area contributed by atoms with Crippen LogP contribution in [0, 0.1) is 12.7 Å². The number of carbonyl (C=O) groups is 1. The van der Waals surface area contributed by atoms with Crippen LogP contribution in [-0.4, -0.2) is 46.1 Å². The highest BCUT2D eigenvalue weighted by Crippen LogP contribution is 2.35. The van der Waals surface area contributed by atoms with E-state index in [-0.39, 0.29) is 11.7 Å². The Morgan fingerprint density at radius 3 is 3.00 bits per heavy atom. The Bertz CT molecular complexity index is 1110. The molecule has 2 amide bonds.